The second kappa shape index (κ2) is 6.25. The summed E-state index contributed by atoms with van der Waals surface area (Å²) in [6.45, 7) is 3.54. The molecule has 0 heterocycles. The zero-order valence-electron chi connectivity index (χ0n) is 10.3. The van der Waals surface area contributed by atoms with Crippen molar-refractivity contribution in [2.45, 2.75) is 32.5 Å². The molecule has 0 saturated carbocycles. The summed E-state index contributed by atoms with van der Waals surface area (Å²) >= 11 is 0. The van der Waals surface area contributed by atoms with E-state index >= 15 is 0 Å². The topological polar surface area (TPSA) is 55.8 Å². The number of esters is 1. The number of benzene rings is 1. The highest BCUT2D eigenvalue weighted by molar-refractivity contribution is 5.74. The van der Waals surface area contributed by atoms with E-state index in [0.717, 1.165) is 5.56 Å². The molecular weight excluding hydrogens is 220 g/mol. The van der Waals surface area contributed by atoms with Crippen molar-refractivity contribution in [2.75, 3.05) is 7.11 Å². The molecule has 0 spiro atoms. The van der Waals surface area contributed by atoms with Crippen LogP contribution in [0.1, 0.15) is 31.9 Å². The normalized spacial score (nSPS) is 13.9. The number of ether oxygens (including phenoxy) is 2. The molecule has 1 aromatic carbocycles. The van der Waals surface area contributed by atoms with Crippen LogP contribution in [0.25, 0.3) is 0 Å². The predicted molar refractivity (Wildman–Crippen MR) is 63.8 cm³/mol. The fraction of sp³-hybridized carbons (Fsp3) is 0.462. The minimum atomic E-state index is -0.637. The van der Waals surface area contributed by atoms with Crippen molar-refractivity contribution >= 4 is 5.97 Å². The van der Waals surface area contributed by atoms with E-state index in [9.17, 15) is 9.90 Å². The van der Waals surface area contributed by atoms with Crippen molar-refractivity contribution in [3.63, 3.8) is 0 Å². The third-order valence-corrected chi connectivity index (χ3v) is 2.50. The second-order valence-electron chi connectivity index (χ2n) is 3.78. The van der Waals surface area contributed by atoms with Gasteiger partial charge in [0.1, 0.15) is 5.75 Å². The van der Waals surface area contributed by atoms with Gasteiger partial charge in [0.25, 0.3) is 0 Å². The molecule has 1 rings (SSSR count). The summed E-state index contributed by atoms with van der Waals surface area (Å²) < 4.78 is 9.94. The molecule has 4 nitrogen and oxygen atoms in total. The molecule has 0 fully saturated rings. The summed E-state index contributed by atoms with van der Waals surface area (Å²) in [4.78, 5) is 11.2. The molecular formula is C13H18O4. The molecule has 0 aliphatic rings. The van der Waals surface area contributed by atoms with Gasteiger partial charge in [-0.3, -0.25) is 0 Å². The fourth-order valence-electron chi connectivity index (χ4n) is 1.42. The smallest absolute Gasteiger partial charge is 0.346 e. The van der Waals surface area contributed by atoms with Crippen LogP contribution >= 0.6 is 0 Å². The van der Waals surface area contributed by atoms with E-state index in [4.69, 9.17) is 4.74 Å². The van der Waals surface area contributed by atoms with E-state index < -0.39 is 18.2 Å². The summed E-state index contributed by atoms with van der Waals surface area (Å²) in [7, 11) is 1.32. The number of aliphatic hydroxyl groups is 1. The number of aliphatic hydroxyl groups excluding tert-OH is 1. The summed E-state index contributed by atoms with van der Waals surface area (Å²) in [5.74, 6) is 0.164. The Morgan fingerprint density at radius 1 is 1.35 bits per heavy atom. The van der Waals surface area contributed by atoms with Crippen LogP contribution in [-0.2, 0) is 9.53 Å². The first kappa shape index (κ1) is 13.5. The highest BCUT2D eigenvalue weighted by Gasteiger charge is 2.14. The van der Waals surface area contributed by atoms with Gasteiger partial charge in [0, 0.05) is 0 Å². The second-order valence-corrected chi connectivity index (χ2v) is 3.78. The maximum atomic E-state index is 11.2. The first-order valence-electron chi connectivity index (χ1n) is 5.61. The number of hydrogen-bond donors (Lipinski definition) is 1. The predicted octanol–water partition coefficient (Wildman–Crippen LogP) is 2.07. The SMILES string of the molecule is CC[C@H](O)c1ccc(OC(C)C(=O)OC)cc1. The number of carbonyl (C=O) groups is 1. The molecule has 0 aromatic heterocycles. The van der Waals surface area contributed by atoms with Crippen molar-refractivity contribution in [1.82, 2.24) is 0 Å². The largest absolute Gasteiger partial charge is 0.479 e. The van der Waals surface area contributed by atoms with Gasteiger partial charge in [0.05, 0.1) is 13.2 Å². The lowest BCUT2D eigenvalue weighted by Crippen LogP contribution is -2.24. The Hall–Kier alpha value is -1.55. The third kappa shape index (κ3) is 3.75. The first-order valence-corrected chi connectivity index (χ1v) is 5.61. The molecule has 0 aliphatic heterocycles. The van der Waals surface area contributed by atoms with Crippen LogP contribution in [0.2, 0.25) is 0 Å². The van der Waals surface area contributed by atoms with Crippen LogP contribution in [0.5, 0.6) is 5.75 Å². The van der Waals surface area contributed by atoms with Crippen LogP contribution in [0.3, 0.4) is 0 Å². The van der Waals surface area contributed by atoms with Gasteiger partial charge in [0.15, 0.2) is 6.10 Å². The Labute approximate surface area is 101 Å². The molecule has 0 aliphatic carbocycles. The third-order valence-electron chi connectivity index (χ3n) is 2.50. The van der Waals surface area contributed by atoms with Gasteiger partial charge in [-0.1, -0.05) is 19.1 Å². The molecule has 0 radical (unpaired) electrons. The van der Waals surface area contributed by atoms with Gasteiger partial charge in [-0.15, -0.1) is 0 Å². The maximum Gasteiger partial charge on any atom is 0.346 e. The van der Waals surface area contributed by atoms with Crippen LogP contribution in [0.4, 0.5) is 0 Å². The van der Waals surface area contributed by atoms with Crippen LogP contribution < -0.4 is 4.74 Å². The van der Waals surface area contributed by atoms with Gasteiger partial charge in [0.2, 0.25) is 0 Å². The van der Waals surface area contributed by atoms with E-state index in [0.29, 0.717) is 12.2 Å². The lowest BCUT2D eigenvalue weighted by molar-refractivity contribution is -0.147. The zero-order chi connectivity index (χ0) is 12.8. The van der Waals surface area contributed by atoms with Crippen LogP contribution in [0.15, 0.2) is 24.3 Å². The molecule has 94 valence electrons. The molecule has 4 heteroatoms. The van der Waals surface area contributed by atoms with Gasteiger partial charge in [-0.05, 0) is 31.0 Å². The Balaban J connectivity index is 2.65. The molecule has 2 atom stereocenters. The molecule has 0 bridgehead atoms. The van der Waals surface area contributed by atoms with E-state index in [1.54, 1.807) is 31.2 Å². The number of rotatable bonds is 5. The maximum absolute atomic E-state index is 11.2. The van der Waals surface area contributed by atoms with Gasteiger partial charge < -0.3 is 14.6 Å². The molecule has 1 aromatic rings. The van der Waals surface area contributed by atoms with Gasteiger partial charge in [-0.25, -0.2) is 4.79 Å². The average molecular weight is 238 g/mol. The molecule has 0 amide bonds. The molecule has 1 unspecified atom stereocenters. The van der Waals surface area contributed by atoms with Gasteiger partial charge in [-0.2, -0.15) is 0 Å². The number of hydrogen-bond acceptors (Lipinski definition) is 4. The monoisotopic (exact) mass is 238 g/mol. The minimum Gasteiger partial charge on any atom is -0.479 e. The minimum absolute atomic E-state index is 0.414. The Kier molecular flexibility index (Phi) is 4.97. The lowest BCUT2D eigenvalue weighted by Gasteiger charge is -2.13. The highest BCUT2D eigenvalue weighted by atomic mass is 16.6. The Bertz CT molecular complexity index is 358. The molecule has 1 N–H and O–H groups in total. The van der Waals surface area contributed by atoms with E-state index in [1.165, 1.54) is 7.11 Å². The summed E-state index contributed by atoms with van der Waals surface area (Å²) in [6.07, 6.45) is -0.428. The highest BCUT2D eigenvalue weighted by Crippen LogP contribution is 2.20. The van der Waals surface area contributed by atoms with Crippen molar-refractivity contribution < 1.29 is 19.4 Å². The Morgan fingerprint density at radius 3 is 2.41 bits per heavy atom. The summed E-state index contributed by atoms with van der Waals surface area (Å²) in [5, 5.41) is 9.61. The lowest BCUT2D eigenvalue weighted by atomic mass is 10.1. The van der Waals surface area contributed by atoms with E-state index in [1.807, 2.05) is 6.92 Å². The quantitative estimate of drug-likeness (QED) is 0.798. The standard InChI is InChI=1S/C13H18O4/c1-4-12(14)10-5-7-11(8-6-10)17-9(2)13(15)16-3/h5-9,12,14H,4H2,1-3H3/t9?,12-/m0/s1. The van der Waals surface area contributed by atoms with Crippen LogP contribution in [0, 0.1) is 0 Å². The van der Waals surface area contributed by atoms with Crippen molar-refractivity contribution in [3.05, 3.63) is 29.8 Å². The van der Waals surface area contributed by atoms with Crippen molar-refractivity contribution in [1.29, 1.82) is 0 Å². The van der Waals surface area contributed by atoms with E-state index in [-0.39, 0.29) is 0 Å². The van der Waals surface area contributed by atoms with Crippen molar-refractivity contribution in [3.8, 4) is 5.75 Å². The van der Waals surface area contributed by atoms with E-state index in [2.05, 4.69) is 4.74 Å². The van der Waals surface area contributed by atoms with Gasteiger partial charge >= 0.3 is 5.97 Å². The van der Waals surface area contributed by atoms with Crippen LogP contribution in [-0.4, -0.2) is 24.3 Å². The zero-order valence-corrected chi connectivity index (χ0v) is 10.3. The Morgan fingerprint density at radius 2 is 1.94 bits per heavy atom. The number of methoxy groups -OCH3 is 1. The van der Waals surface area contributed by atoms with Crippen molar-refractivity contribution in [2.24, 2.45) is 0 Å². The molecule has 0 saturated heterocycles. The fourth-order valence-corrected chi connectivity index (χ4v) is 1.42. The summed E-state index contributed by atoms with van der Waals surface area (Å²) in [5.41, 5.74) is 0.838. The number of carbonyl (C=O) groups excluding carboxylic acids is 1. The first-order chi connectivity index (χ1) is 8.08. The average Bonchev–Trinajstić information content (AvgIpc) is 2.37. The molecule has 17 heavy (non-hydrogen) atoms. The summed E-state index contributed by atoms with van der Waals surface area (Å²) in [6, 6.07) is 7.03.